The van der Waals surface area contributed by atoms with Gasteiger partial charge in [-0.05, 0) is 43.3 Å². The molecule has 2 aromatic rings. The van der Waals surface area contributed by atoms with Crippen LogP contribution in [0.4, 0.5) is 0 Å². The summed E-state index contributed by atoms with van der Waals surface area (Å²) in [7, 11) is 0. The molecule has 21 heavy (non-hydrogen) atoms. The van der Waals surface area contributed by atoms with Gasteiger partial charge < -0.3 is 14.8 Å². The molecule has 0 amide bonds. The van der Waals surface area contributed by atoms with Gasteiger partial charge in [-0.1, -0.05) is 24.6 Å². The maximum Gasteiger partial charge on any atom is 0.161 e. The molecule has 1 aromatic heterocycles. The second kappa shape index (κ2) is 8.27. The molecule has 3 nitrogen and oxygen atoms in total. The lowest BCUT2D eigenvalue weighted by atomic mass is 10.2. The Kier molecular flexibility index (Phi) is 6.36. The summed E-state index contributed by atoms with van der Waals surface area (Å²) < 4.78 is 12.3. The minimum Gasteiger partial charge on any atom is -0.490 e. The molecule has 0 radical (unpaired) electrons. The van der Waals surface area contributed by atoms with Crippen molar-refractivity contribution in [3.05, 3.63) is 45.1 Å². The summed E-state index contributed by atoms with van der Waals surface area (Å²) in [5, 5.41) is 3.30. The molecule has 0 saturated heterocycles. The van der Waals surface area contributed by atoms with E-state index in [0.717, 1.165) is 33.8 Å². The van der Waals surface area contributed by atoms with Gasteiger partial charge >= 0.3 is 0 Å². The van der Waals surface area contributed by atoms with Gasteiger partial charge in [-0.2, -0.15) is 0 Å². The maximum absolute atomic E-state index is 5.92. The third-order valence-corrected chi connectivity index (χ3v) is 4.09. The van der Waals surface area contributed by atoms with E-state index in [1.54, 1.807) is 0 Å². The predicted octanol–water partition coefficient (Wildman–Crippen LogP) is 4.49. The van der Waals surface area contributed by atoms with Crippen LogP contribution in [0.25, 0.3) is 0 Å². The fraction of sp³-hybridized carbons (Fsp3) is 0.375. The van der Waals surface area contributed by atoms with E-state index in [4.69, 9.17) is 21.1 Å². The van der Waals surface area contributed by atoms with E-state index in [2.05, 4.69) is 18.3 Å². The standard InChI is InChI=1S/C16H20ClNO2S/c1-3-18-10-12-5-7-14(15(9-12)19-4-2)20-11-13-6-8-16(17)21-13/h5-9,18H,3-4,10-11H2,1-2H3. The van der Waals surface area contributed by atoms with E-state index in [9.17, 15) is 0 Å². The van der Waals surface area contributed by atoms with Crippen molar-refractivity contribution in [2.45, 2.75) is 27.0 Å². The van der Waals surface area contributed by atoms with Gasteiger partial charge in [0.2, 0.25) is 0 Å². The average Bonchev–Trinajstić information content (AvgIpc) is 2.90. The fourth-order valence-corrected chi connectivity index (χ4v) is 2.90. The number of benzene rings is 1. The Morgan fingerprint density at radius 3 is 2.62 bits per heavy atom. The quantitative estimate of drug-likeness (QED) is 0.775. The van der Waals surface area contributed by atoms with E-state index in [-0.39, 0.29) is 0 Å². The number of halogens is 1. The monoisotopic (exact) mass is 325 g/mol. The molecule has 2 rings (SSSR count). The zero-order chi connectivity index (χ0) is 15.1. The van der Waals surface area contributed by atoms with Crippen molar-refractivity contribution < 1.29 is 9.47 Å². The highest BCUT2D eigenvalue weighted by Gasteiger charge is 2.08. The second-order valence-electron chi connectivity index (χ2n) is 4.49. The molecule has 0 spiro atoms. The third kappa shape index (κ3) is 4.92. The molecular weight excluding hydrogens is 306 g/mol. The lowest BCUT2D eigenvalue weighted by Gasteiger charge is -2.13. The van der Waals surface area contributed by atoms with Gasteiger partial charge in [0.05, 0.1) is 10.9 Å². The molecular formula is C16H20ClNO2S. The topological polar surface area (TPSA) is 30.5 Å². The van der Waals surface area contributed by atoms with Crippen molar-refractivity contribution in [1.82, 2.24) is 5.32 Å². The first kappa shape index (κ1) is 16.1. The highest BCUT2D eigenvalue weighted by molar-refractivity contribution is 7.16. The van der Waals surface area contributed by atoms with Crippen LogP contribution in [0.5, 0.6) is 11.5 Å². The molecule has 1 heterocycles. The van der Waals surface area contributed by atoms with Gasteiger partial charge in [0.15, 0.2) is 11.5 Å². The molecule has 0 aliphatic carbocycles. The van der Waals surface area contributed by atoms with Gasteiger partial charge in [0.25, 0.3) is 0 Å². The van der Waals surface area contributed by atoms with Crippen LogP contribution in [0.15, 0.2) is 30.3 Å². The Hall–Kier alpha value is -1.23. The smallest absolute Gasteiger partial charge is 0.161 e. The number of nitrogens with one attached hydrogen (secondary N) is 1. The number of hydrogen-bond acceptors (Lipinski definition) is 4. The van der Waals surface area contributed by atoms with Crippen LogP contribution in [-0.4, -0.2) is 13.2 Å². The zero-order valence-corrected chi connectivity index (χ0v) is 13.9. The molecule has 0 bridgehead atoms. The van der Waals surface area contributed by atoms with E-state index in [1.165, 1.54) is 16.9 Å². The summed E-state index contributed by atoms with van der Waals surface area (Å²) >= 11 is 7.45. The first-order chi connectivity index (χ1) is 10.2. The zero-order valence-electron chi connectivity index (χ0n) is 12.3. The Balaban J connectivity index is 2.06. The first-order valence-corrected chi connectivity index (χ1v) is 8.25. The Morgan fingerprint density at radius 1 is 1.10 bits per heavy atom. The summed E-state index contributed by atoms with van der Waals surface area (Å²) in [6, 6.07) is 9.92. The van der Waals surface area contributed by atoms with Gasteiger partial charge in [-0.3, -0.25) is 0 Å². The molecule has 0 aliphatic heterocycles. The third-order valence-electron chi connectivity index (χ3n) is 2.89. The van der Waals surface area contributed by atoms with Crippen LogP contribution < -0.4 is 14.8 Å². The molecule has 0 unspecified atom stereocenters. The number of ether oxygens (including phenoxy) is 2. The van der Waals surface area contributed by atoms with Gasteiger partial charge in [0, 0.05) is 11.4 Å². The first-order valence-electron chi connectivity index (χ1n) is 7.06. The summed E-state index contributed by atoms with van der Waals surface area (Å²) in [4.78, 5) is 1.10. The highest BCUT2D eigenvalue weighted by Crippen LogP contribution is 2.30. The highest BCUT2D eigenvalue weighted by atomic mass is 35.5. The lowest BCUT2D eigenvalue weighted by molar-refractivity contribution is 0.271. The number of hydrogen-bond donors (Lipinski definition) is 1. The number of rotatable bonds is 8. The van der Waals surface area contributed by atoms with E-state index in [1.807, 2.05) is 31.2 Å². The van der Waals surface area contributed by atoms with Gasteiger partial charge in [0.1, 0.15) is 6.61 Å². The van der Waals surface area contributed by atoms with Crippen LogP contribution >= 0.6 is 22.9 Å². The molecule has 0 atom stereocenters. The van der Waals surface area contributed by atoms with Crippen molar-refractivity contribution in [2.75, 3.05) is 13.2 Å². The van der Waals surface area contributed by atoms with Crippen molar-refractivity contribution in [3.8, 4) is 11.5 Å². The summed E-state index contributed by atoms with van der Waals surface area (Å²) in [6.45, 7) is 6.96. The largest absolute Gasteiger partial charge is 0.490 e. The van der Waals surface area contributed by atoms with Gasteiger partial charge in [-0.25, -0.2) is 0 Å². The maximum atomic E-state index is 5.92. The van der Waals surface area contributed by atoms with Crippen molar-refractivity contribution in [3.63, 3.8) is 0 Å². The molecule has 1 N–H and O–H groups in total. The summed E-state index contributed by atoms with van der Waals surface area (Å²) in [6.07, 6.45) is 0. The minimum atomic E-state index is 0.504. The van der Waals surface area contributed by atoms with Crippen LogP contribution in [0.3, 0.4) is 0 Å². The van der Waals surface area contributed by atoms with Crippen LogP contribution in [0, 0.1) is 0 Å². The van der Waals surface area contributed by atoms with E-state index in [0.29, 0.717) is 13.2 Å². The lowest BCUT2D eigenvalue weighted by Crippen LogP contribution is -2.11. The molecule has 0 aliphatic rings. The molecule has 0 saturated carbocycles. The van der Waals surface area contributed by atoms with E-state index >= 15 is 0 Å². The SMILES string of the molecule is CCNCc1ccc(OCc2ccc(Cl)s2)c(OCC)c1. The summed E-state index contributed by atoms with van der Waals surface area (Å²) in [5.74, 6) is 1.55. The van der Waals surface area contributed by atoms with Crippen molar-refractivity contribution in [1.29, 1.82) is 0 Å². The predicted molar refractivity (Wildman–Crippen MR) is 88.7 cm³/mol. The molecule has 114 valence electrons. The van der Waals surface area contributed by atoms with Crippen molar-refractivity contribution in [2.24, 2.45) is 0 Å². The van der Waals surface area contributed by atoms with Crippen LogP contribution in [0.1, 0.15) is 24.3 Å². The minimum absolute atomic E-state index is 0.504. The second-order valence-corrected chi connectivity index (χ2v) is 6.29. The van der Waals surface area contributed by atoms with Crippen molar-refractivity contribution >= 4 is 22.9 Å². The van der Waals surface area contributed by atoms with Crippen LogP contribution in [-0.2, 0) is 13.2 Å². The number of thiophene rings is 1. The normalized spacial score (nSPS) is 10.6. The van der Waals surface area contributed by atoms with Gasteiger partial charge in [-0.15, -0.1) is 11.3 Å². The Bertz CT molecular complexity index is 571. The van der Waals surface area contributed by atoms with E-state index < -0.39 is 0 Å². The molecule has 0 fully saturated rings. The summed E-state index contributed by atoms with van der Waals surface area (Å²) in [5.41, 5.74) is 1.19. The molecule has 1 aromatic carbocycles. The average molecular weight is 326 g/mol. The van der Waals surface area contributed by atoms with Crippen LogP contribution in [0.2, 0.25) is 4.34 Å². The fourth-order valence-electron chi connectivity index (χ4n) is 1.90. The Morgan fingerprint density at radius 2 is 1.95 bits per heavy atom. The Labute approximate surface area is 134 Å². The molecule has 5 heteroatoms.